The Balaban J connectivity index is 1.63. The molecule has 0 spiro atoms. The molecule has 0 bridgehead atoms. The van der Waals surface area contributed by atoms with Crippen LogP contribution in [0.25, 0.3) is 12.2 Å². The third-order valence-electron chi connectivity index (χ3n) is 4.21. The zero-order chi connectivity index (χ0) is 19.9. The molecule has 2 nitrogen and oxygen atoms in total. The number of benzene rings is 3. The van der Waals surface area contributed by atoms with E-state index in [1.165, 1.54) is 0 Å². The summed E-state index contributed by atoms with van der Waals surface area (Å²) in [5.74, 6) is 1.50. The van der Waals surface area contributed by atoms with Gasteiger partial charge in [0.2, 0.25) is 0 Å². The lowest BCUT2D eigenvalue weighted by atomic mass is 10.1. The summed E-state index contributed by atoms with van der Waals surface area (Å²) >= 11 is 7.15. The maximum Gasteiger partial charge on any atom is 0.135 e. The molecule has 0 N–H and O–H groups in total. The number of ether oxygens (including phenoxy) is 2. The lowest BCUT2D eigenvalue weighted by molar-refractivity contribution is 0.294. The summed E-state index contributed by atoms with van der Waals surface area (Å²) in [6, 6.07) is 20.1. The predicted octanol–water partition coefficient (Wildman–Crippen LogP) is 7.66. The Hall–Kier alpha value is -2.30. The minimum Gasteiger partial charge on any atom is -0.488 e. The van der Waals surface area contributed by atoms with Crippen molar-refractivity contribution in [1.29, 1.82) is 0 Å². The molecular formula is C24H20Br2O2. The molecule has 0 radical (unpaired) electrons. The molecule has 0 aliphatic heterocycles. The molecule has 0 amide bonds. The van der Waals surface area contributed by atoms with Crippen molar-refractivity contribution in [3.05, 3.63) is 105 Å². The maximum atomic E-state index is 5.95. The quantitative estimate of drug-likeness (QED) is 0.316. The van der Waals surface area contributed by atoms with Crippen LogP contribution in [0.5, 0.6) is 11.5 Å². The molecule has 0 saturated heterocycles. The molecule has 0 aliphatic carbocycles. The third-order valence-corrected chi connectivity index (χ3v) is 5.45. The summed E-state index contributed by atoms with van der Waals surface area (Å²) in [6.45, 7) is 8.50. The van der Waals surface area contributed by atoms with Crippen molar-refractivity contribution >= 4 is 44.0 Å². The van der Waals surface area contributed by atoms with Crippen LogP contribution in [-0.4, -0.2) is 0 Å². The highest BCUT2D eigenvalue weighted by Crippen LogP contribution is 2.37. The standard InChI is InChI=1S/C24H20Br2O2/c1-3-17-5-9-19(10-6-17)15-27-23-13-22(26)24(14-21(23)25)28-16-20-11-7-18(4-2)8-12-20/h3-14H,1-2,15-16H2. The first-order valence-corrected chi connectivity index (χ1v) is 10.3. The van der Waals surface area contributed by atoms with E-state index < -0.39 is 0 Å². The van der Waals surface area contributed by atoms with Gasteiger partial charge in [-0.1, -0.05) is 73.8 Å². The third kappa shape index (κ3) is 5.37. The van der Waals surface area contributed by atoms with Crippen LogP contribution in [0.3, 0.4) is 0 Å². The predicted molar refractivity (Wildman–Crippen MR) is 124 cm³/mol. The van der Waals surface area contributed by atoms with Crippen LogP contribution >= 0.6 is 31.9 Å². The minimum atomic E-state index is 0.484. The molecule has 3 aromatic carbocycles. The largest absolute Gasteiger partial charge is 0.488 e. The van der Waals surface area contributed by atoms with Gasteiger partial charge in [0.1, 0.15) is 24.7 Å². The van der Waals surface area contributed by atoms with Crippen LogP contribution in [0.4, 0.5) is 0 Å². The fourth-order valence-electron chi connectivity index (χ4n) is 2.55. The van der Waals surface area contributed by atoms with Crippen molar-refractivity contribution in [3.8, 4) is 11.5 Å². The molecule has 0 saturated carbocycles. The van der Waals surface area contributed by atoms with Crippen molar-refractivity contribution in [3.63, 3.8) is 0 Å². The van der Waals surface area contributed by atoms with E-state index in [4.69, 9.17) is 9.47 Å². The first-order chi connectivity index (χ1) is 13.6. The summed E-state index contributed by atoms with van der Waals surface area (Å²) in [5.41, 5.74) is 4.37. The zero-order valence-electron chi connectivity index (χ0n) is 15.3. The summed E-state index contributed by atoms with van der Waals surface area (Å²) in [7, 11) is 0. The average Bonchev–Trinajstić information content (AvgIpc) is 2.73. The van der Waals surface area contributed by atoms with Crippen molar-refractivity contribution < 1.29 is 9.47 Å². The molecule has 0 aromatic heterocycles. The van der Waals surface area contributed by atoms with Gasteiger partial charge in [-0.15, -0.1) is 0 Å². The summed E-state index contributed by atoms with van der Waals surface area (Å²) in [6.07, 6.45) is 3.65. The van der Waals surface area contributed by atoms with E-state index in [9.17, 15) is 0 Å². The second-order valence-corrected chi connectivity index (χ2v) is 7.89. The van der Waals surface area contributed by atoms with E-state index in [1.54, 1.807) is 0 Å². The van der Waals surface area contributed by atoms with Gasteiger partial charge in [0.15, 0.2) is 0 Å². The van der Waals surface area contributed by atoms with Gasteiger partial charge in [0.25, 0.3) is 0 Å². The Bertz CT molecular complexity index is 880. The summed E-state index contributed by atoms with van der Waals surface area (Å²) in [5, 5.41) is 0. The molecule has 0 fully saturated rings. The number of hydrogen-bond donors (Lipinski definition) is 0. The van der Waals surface area contributed by atoms with Gasteiger partial charge in [0, 0.05) is 0 Å². The Labute approximate surface area is 182 Å². The molecule has 0 atom stereocenters. The van der Waals surface area contributed by atoms with E-state index in [-0.39, 0.29) is 0 Å². The van der Waals surface area contributed by atoms with Gasteiger partial charge in [-0.05, 0) is 66.2 Å². The highest BCUT2D eigenvalue weighted by Gasteiger charge is 2.10. The molecule has 0 unspecified atom stereocenters. The van der Waals surface area contributed by atoms with Crippen molar-refractivity contribution in [2.75, 3.05) is 0 Å². The molecule has 0 heterocycles. The number of halogens is 2. The molecule has 28 heavy (non-hydrogen) atoms. The summed E-state index contributed by atoms with van der Waals surface area (Å²) in [4.78, 5) is 0. The lowest BCUT2D eigenvalue weighted by Gasteiger charge is -2.13. The number of rotatable bonds is 8. The Kier molecular flexibility index (Phi) is 7.12. The minimum absolute atomic E-state index is 0.484. The van der Waals surface area contributed by atoms with Crippen LogP contribution in [0.2, 0.25) is 0 Å². The van der Waals surface area contributed by atoms with E-state index in [1.807, 2.05) is 72.8 Å². The molecule has 4 heteroatoms. The highest BCUT2D eigenvalue weighted by atomic mass is 79.9. The first kappa shape index (κ1) is 20.4. The second kappa shape index (κ2) is 9.76. The van der Waals surface area contributed by atoms with Gasteiger partial charge in [-0.2, -0.15) is 0 Å². The van der Waals surface area contributed by atoms with Crippen LogP contribution in [0.15, 0.2) is 82.8 Å². The van der Waals surface area contributed by atoms with E-state index in [0.717, 1.165) is 42.7 Å². The topological polar surface area (TPSA) is 18.5 Å². The second-order valence-electron chi connectivity index (χ2n) is 6.18. The van der Waals surface area contributed by atoms with Crippen molar-refractivity contribution in [2.24, 2.45) is 0 Å². The normalized spacial score (nSPS) is 10.4. The zero-order valence-corrected chi connectivity index (χ0v) is 18.5. The van der Waals surface area contributed by atoms with Crippen molar-refractivity contribution in [2.45, 2.75) is 13.2 Å². The summed E-state index contributed by atoms with van der Waals surface area (Å²) < 4.78 is 13.6. The highest BCUT2D eigenvalue weighted by molar-refractivity contribution is 9.11. The van der Waals surface area contributed by atoms with Crippen LogP contribution in [0, 0.1) is 0 Å². The SMILES string of the molecule is C=Cc1ccc(COc2cc(Br)c(OCc3ccc(C=C)cc3)cc2Br)cc1. The van der Waals surface area contributed by atoms with Gasteiger partial charge in [-0.25, -0.2) is 0 Å². The molecule has 142 valence electrons. The Morgan fingerprint density at radius 1 is 0.643 bits per heavy atom. The van der Waals surface area contributed by atoms with Crippen LogP contribution in [0.1, 0.15) is 22.3 Å². The molecule has 3 rings (SSSR count). The Morgan fingerprint density at radius 2 is 1.00 bits per heavy atom. The number of hydrogen-bond acceptors (Lipinski definition) is 2. The van der Waals surface area contributed by atoms with Gasteiger partial charge >= 0.3 is 0 Å². The first-order valence-electron chi connectivity index (χ1n) is 8.76. The monoisotopic (exact) mass is 498 g/mol. The van der Waals surface area contributed by atoms with E-state index in [2.05, 4.69) is 45.0 Å². The smallest absolute Gasteiger partial charge is 0.135 e. The molecule has 3 aromatic rings. The fourth-order valence-corrected chi connectivity index (χ4v) is 3.43. The van der Waals surface area contributed by atoms with Gasteiger partial charge in [0.05, 0.1) is 8.95 Å². The molecule has 0 aliphatic rings. The van der Waals surface area contributed by atoms with E-state index >= 15 is 0 Å². The van der Waals surface area contributed by atoms with Crippen LogP contribution < -0.4 is 9.47 Å². The van der Waals surface area contributed by atoms with Gasteiger partial charge in [-0.3, -0.25) is 0 Å². The van der Waals surface area contributed by atoms with Crippen molar-refractivity contribution in [1.82, 2.24) is 0 Å². The Morgan fingerprint density at radius 3 is 1.32 bits per heavy atom. The maximum absolute atomic E-state index is 5.95. The van der Waals surface area contributed by atoms with E-state index in [0.29, 0.717) is 13.2 Å². The lowest BCUT2D eigenvalue weighted by Crippen LogP contribution is -1.99. The van der Waals surface area contributed by atoms with Crippen LogP contribution in [-0.2, 0) is 13.2 Å². The van der Waals surface area contributed by atoms with Gasteiger partial charge < -0.3 is 9.47 Å². The average molecular weight is 500 g/mol. The fraction of sp³-hybridized carbons (Fsp3) is 0.0833. The molecular weight excluding hydrogens is 480 g/mol.